The Morgan fingerprint density at radius 1 is 0.895 bits per heavy atom. The standard InChI is InChI=1S/C11H17N.C6H6O/c1-2-3-4-7-10-8-5-6-9-11(10)12;7-6-4-2-1-3-5-6/h5-6,8-9H,2-4,7,12H2,1H3;1-5,7H. The minimum absolute atomic E-state index is 0.322. The predicted molar refractivity (Wildman–Crippen MR) is 82.2 cm³/mol. The number of unbranched alkanes of at least 4 members (excludes halogenated alkanes) is 2. The van der Waals surface area contributed by atoms with E-state index in [1.165, 1.54) is 24.8 Å². The van der Waals surface area contributed by atoms with E-state index < -0.39 is 0 Å². The van der Waals surface area contributed by atoms with Gasteiger partial charge in [-0.2, -0.15) is 0 Å². The molecule has 0 radical (unpaired) electrons. The van der Waals surface area contributed by atoms with Crippen LogP contribution in [0.2, 0.25) is 0 Å². The fourth-order valence-corrected chi connectivity index (χ4v) is 1.76. The van der Waals surface area contributed by atoms with Gasteiger partial charge in [0.2, 0.25) is 0 Å². The van der Waals surface area contributed by atoms with Crippen LogP contribution in [-0.2, 0) is 6.42 Å². The van der Waals surface area contributed by atoms with E-state index in [4.69, 9.17) is 10.8 Å². The molecular weight excluding hydrogens is 234 g/mol. The van der Waals surface area contributed by atoms with Crippen LogP contribution in [0, 0.1) is 0 Å². The summed E-state index contributed by atoms with van der Waals surface area (Å²) in [6.45, 7) is 2.22. The lowest BCUT2D eigenvalue weighted by Crippen LogP contribution is -1.93. The molecule has 2 nitrogen and oxygen atoms in total. The van der Waals surface area contributed by atoms with Crippen LogP contribution in [0.4, 0.5) is 5.69 Å². The van der Waals surface area contributed by atoms with Crippen molar-refractivity contribution in [2.75, 3.05) is 5.73 Å². The molecule has 0 saturated heterocycles. The van der Waals surface area contributed by atoms with Crippen molar-refractivity contribution in [1.29, 1.82) is 0 Å². The number of hydrogen-bond donors (Lipinski definition) is 2. The Kier molecular flexibility index (Phi) is 7.18. The van der Waals surface area contributed by atoms with Crippen LogP contribution in [0.25, 0.3) is 0 Å². The van der Waals surface area contributed by atoms with Gasteiger partial charge < -0.3 is 10.8 Å². The maximum atomic E-state index is 8.63. The molecule has 2 heteroatoms. The number of aromatic hydroxyl groups is 1. The van der Waals surface area contributed by atoms with Gasteiger partial charge in [0.25, 0.3) is 0 Å². The topological polar surface area (TPSA) is 46.2 Å². The lowest BCUT2D eigenvalue weighted by Gasteiger charge is -2.03. The van der Waals surface area contributed by atoms with Crippen molar-refractivity contribution in [2.24, 2.45) is 0 Å². The van der Waals surface area contributed by atoms with Crippen LogP contribution in [0.15, 0.2) is 54.6 Å². The van der Waals surface area contributed by atoms with Crippen LogP contribution < -0.4 is 5.73 Å². The van der Waals surface area contributed by atoms with Crippen LogP contribution in [-0.4, -0.2) is 5.11 Å². The van der Waals surface area contributed by atoms with Gasteiger partial charge in [-0.3, -0.25) is 0 Å². The molecule has 0 saturated carbocycles. The molecule has 3 N–H and O–H groups in total. The highest BCUT2D eigenvalue weighted by atomic mass is 16.3. The van der Waals surface area contributed by atoms with E-state index in [1.807, 2.05) is 18.2 Å². The van der Waals surface area contributed by atoms with Crippen molar-refractivity contribution >= 4 is 5.69 Å². The highest BCUT2D eigenvalue weighted by Gasteiger charge is 1.95. The van der Waals surface area contributed by atoms with Crippen molar-refractivity contribution in [3.8, 4) is 5.75 Å². The predicted octanol–water partition coefficient (Wildman–Crippen LogP) is 4.39. The van der Waals surface area contributed by atoms with Gasteiger partial charge in [-0.15, -0.1) is 0 Å². The average molecular weight is 257 g/mol. The number of aryl methyl sites for hydroxylation is 1. The van der Waals surface area contributed by atoms with Gasteiger partial charge in [0.1, 0.15) is 5.75 Å². The molecule has 0 unspecified atom stereocenters. The monoisotopic (exact) mass is 257 g/mol. The molecule has 0 atom stereocenters. The molecule has 0 fully saturated rings. The van der Waals surface area contributed by atoms with Gasteiger partial charge in [0.15, 0.2) is 0 Å². The molecule has 0 aliphatic rings. The fourth-order valence-electron chi connectivity index (χ4n) is 1.76. The average Bonchev–Trinajstić information content (AvgIpc) is 2.43. The Labute approximate surface area is 115 Å². The van der Waals surface area contributed by atoms with E-state index in [-0.39, 0.29) is 0 Å². The highest BCUT2D eigenvalue weighted by molar-refractivity contribution is 5.46. The first-order chi connectivity index (χ1) is 9.24. The first-order valence-electron chi connectivity index (χ1n) is 6.81. The molecule has 0 aromatic heterocycles. The highest BCUT2D eigenvalue weighted by Crippen LogP contribution is 2.13. The zero-order chi connectivity index (χ0) is 13.9. The maximum Gasteiger partial charge on any atom is 0.115 e. The molecule has 0 amide bonds. The molecule has 0 bridgehead atoms. The summed E-state index contributed by atoms with van der Waals surface area (Å²) in [7, 11) is 0. The molecule has 0 aliphatic heterocycles. The summed E-state index contributed by atoms with van der Waals surface area (Å²) in [6, 6.07) is 16.8. The van der Waals surface area contributed by atoms with Crippen LogP contribution >= 0.6 is 0 Å². The Hall–Kier alpha value is -1.96. The van der Waals surface area contributed by atoms with Gasteiger partial charge in [0, 0.05) is 5.69 Å². The number of para-hydroxylation sites is 2. The van der Waals surface area contributed by atoms with Gasteiger partial charge in [-0.1, -0.05) is 56.2 Å². The van der Waals surface area contributed by atoms with E-state index >= 15 is 0 Å². The zero-order valence-corrected chi connectivity index (χ0v) is 11.5. The zero-order valence-electron chi connectivity index (χ0n) is 11.5. The van der Waals surface area contributed by atoms with E-state index in [1.54, 1.807) is 24.3 Å². The van der Waals surface area contributed by atoms with E-state index in [2.05, 4.69) is 19.1 Å². The lowest BCUT2D eigenvalue weighted by molar-refractivity contribution is 0.475. The van der Waals surface area contributed by atoms with Crippen molar-refractivity contribution < 1.29 is 5.11 Å². The Morgan fingerprint density at radius 3 is 2.05 bits per heavy atom. The normalized spacial score (nSPS) is 9.53. The third-order valence-corrected chi connectivity index (χ3v) is 2.86. The number of phenols is 1. The largest absolute Gasteiger partial charge is 0.508 e. The SMILES string of the molecule is CCCCCc1ccccc1N.Oc1ccccc1. The van der Waals surface area contributed by atoms with Crippen molar-refractivity contribution in [3.63, 3.8) is 0 Å². The Bertz CT molecular complexity index is 454. The van der Waals surface area contributed by atoms with E-state index in [0.717, 1.165) is 12.1 Å². The number of hydrogen-bond acceptors (Lipinski definition) is 2. The number of anilines is 1. The van der Waals surface area contributed by atoms with Gasteiger partial charge in [0.05, 0.1) is 0 Å². The molecular formula is C17H23NO. The summed E-state index contributed by atoms with van der Waals surface area (Å²) in [4.78, 5) is 0. The quantitative estimate of drug-likeness (QED) is 0.630. The van der Waals surface area contributed by atoms with Crippen molar-refractivity contribution in [1.82, 2.24) is 0 Å². The summed E-state index contributed by atoms with van der Waals surface area (Å²) >= 11 is 0. The van der Waals surface area contributed by atoms with Gasteiger partial charge in [-0.05, 0) is 36.6 Å². The first-order valence-corrected chi connectivity index (χ1v) is 6.81. The summed E-state index contributed by atoms with van der Waals surface area (Å²) in [5, 5.41) is 8.63. The van der Waals surface area contributed by atoms with Crippen molar-refractivity contribution in [2.45, 2.75) is 32.6 Å². The molecule has 19 heavy (non-hydrogen) atoms. The fraction of sp³-hybridized carbons (Fsp3) is 0.294. The molecule has 0 spiro atoms. The second-order valence-corrected chi connectivity index (χ2v) is 4.49. The summed E-state index contributed by atoms with van der Waals surface area (Å²) in [6.07, 6.45) is 4.95. The minimum atomic E-state index is 0.322. The van der Waals surface area contributed by atoms with E-state index in [0.29, 0.717) is 5.75 Å². The number of rotatable bonds is 4. The van der Waals surface area contributed by atoms with E-state index in [9.17, 15) is 0 Å². The maximum absolute atomic E-state index is 8.63. The molecule has 2 rings (SSSR count). The number of nitrogen functional groups attached to an aromatic ring is 1. The number of phenolic OH excluding ortho intramolecular Hbond substituents is 1. The van der Waals surface area contributed by atoms with Crippen LogP contribution in [0.5, 0.6) is 5.75 Å². The Morgan fingerprint density at radius 2 is 1.53 bits per heavy atom. The lowest BCUT2D eigenvalue weighted by atomic mass is 10.1. The molecule has 0 heterocycles. The second kappa shape index (κ2) is 9.03. The third kappa shape index (κ3) is 6.51. The van der Waals surface area contributed by atoms with Crippen molar-refractivity contribution in [3.05, 3.63) is 60.2 Å². The second-order valence-electron chi connectivity index (χ2n) is 4.49. The van der Waals surface area contributed by atoms with Gasteiger partial charge >= 0.3 is 0 Å². The van der Waals surface area contributed by atoms with Crippen LogP contribution in [0.3, 0.4) is 0 Å². The summed E-state index contributed by atoms with van der Waals surface area (Å²) in [5.41, 5.74) is 8.04. The summed E-state index contributed by atoms with van der Waals surface area (Å²) in [5.74, 6) is 0.322. The molecule has 102 valence electrons. The number of benzene rings is 2. The first kappa shape index (κ1) is 15.1. The van der Waals surface area contributed by atoms with Crippen LogP contribution in [0.1, 0.15) is 31.7 Å². The molecule has 2 aromatic carbocycles. The molecule has 2 aromatic rings. The van der Waals surface area contributed by atoms with Gasteiger partial charge in [-0.25, -0.2) is 0 Å². The Balaban J connectivity index is 0.000000218. The smallest absolute Gasteiger partial charge is 0.115 e. The summed E-state index contributed by atoms with van der Waals surface area (Å²) < 4.78 is 0. The third-order valence-electron chi connectivity index (χ3n) is 2.86. The minimum Gasteiger partial charge on any atom is -0.508 e. The molecule has 0 aliphatic carbocycles. The number of nitrogens with two attached hydrogens (primary N) is 1.